The summed E-state index contributed by atoms with van der Waals surface area (Å²) >= 11 is 0. The zero-order valence-corrected chi connectivity index (χ0v) is 13.9. The van der Waals surface area contributed by atoms with Gasteiger partial charge in [-0.2, -0.15) is 0 Å². The van der Waals surface area contributed by atoms with E-state index in [0.717, 1.165) is 16.7 Å². The largest absolute Gasteiger partial charge is 0.504 e. The molecule has 0 heterocycles. The molecule has 0 aromatic heterocycles. The lowest BCUT2D eigenvalue weighted by Crippen LogP contribution is -2.22. The van der Waals surface area contributed by atoms with Crippen LogP contribution in [0.4, 0.5) is 0 Å². The maximum atomic E-state index is 12.3. The molecule has 4 nitrogen and oxygen atoms in total. The standard InChI is InChI=1S/C21H19NO3/c1-25-19-12-6-11-18(20(19)23)21(24)22-14-15-7-5-10-17(13-15)16-8-3-2-4-9-16/h2-13,23H,14H2,1H3,(H,22,24). The van der Waals surface area contributed by atoms with Crippen LogP contribution in [0.25, 0.3) is 11.1 Å². The number of ether oxygens (including phenoxy) is 1. The number of benzene rings is 3. The molecule has 0 spiro atoms. The Labute approximate surface area is 146 Å². The third-order valence-corrected chi connectivity index (χ3v) is 3.95. The van der Waals surface area contributed by atoms with Crippen LogP contribution in [0.5, 0.6) is 11.5 Å². The number of phenolic OH excluding ortho intramolecular Hbond substituents is 1. The van der Waals surface area contributed by atoms with E-state index in [1.54, 1.807) is 18.2 Å². The lowest BCUT2D eigenvalue weighted by Gasteiger charge is -2.10. The minimum Gasteiger partial charge on any atom is -0.504 e. The van der Waals surface area contributed by atoms with Crippen molar-refractivity contribution in [2.45, 2.75) is 6.54 Å². The minimum absolute atomic E-state index is 0.152. The predicted molar refractivity (Wildman–Crippen MR) is 97.7 cm³/mol. The molecule has 3 aromatic carbocycles. The average Bonchev–Trinajstić information content (AvgIpc) is 2.67. The zero-order chi connectivity index (χ0) is 17.6. The van der Waals surface area contributed by atoms with Gasteiger partial charge in [-0.25, -0.2) is 0 Å². The molecule has 25 heavy (non-hydrogen) atoms. The number of carbonyl (C=O) groups excluding carboxylic acids is 1. The van der Waals surface area contributed by atoms with Gasteiger partial charge in [0.2, 0.25) is 0 Å². The molecule has 0 unspecified atom stereocenters. The molecule has 0 saturated heterocycles. The van der Waals surface area contributed by atoms with Crippen LogP contribution in [0, 0.1) is 0 Å². The first-order valence-electron chi connectivity index (χ1n) is 7.97. The maximum Gasteiger partial charge on any atom is 0.255 e. The van der Waals surface area contributed by atoms with E-state index in [4.69, 9.17) is 4.74 Å². The molecule has 3 rings (SSSR count). The molecule has 0 radical (unpaired) electrons. The summed E-state index contributed by atoms with van der Waals surface area (Å²) in [5, 5.41) is 12.9. The summed E-state index contributed by atoms with van der Waals surface area (Å²) in [6, 6.07) is 22.9. The molecule has 0 aliphatic rings. The van der Waals surface area contributed by atoms with Gasteiger partial charge >= 0.3 is 0 Å². The second kappa shape index (κ2) is 7.53. The average molecular weight is 333 g/mol. The van der Waals surface area contributed by atoms with Crippen molar-refractivity contribution in [3.8, 4) is 22.6 Å². The van der Waals surface area contributed by atoms with Crippen molar-refractivity contribution in [2.24, 2.45) is 0 Å². The van der Waals surface area contributed by atoms with Crippen LogP contribution in [0.3, 0.4) is 0 Å². The van der Waals surface area contributed by atoms with Crippen molar-refractivity contribution in [2.75, 3.05) is 7.11 Å². The Kier molecular flexibility index (Phi) is 5.00. The monoisotopic (exact) mass is 333 g/mol. The maximum absolute atomic E-state index is 12.3. The summed E-state index contributed by atoms with van der Waals surface area (Å²) in [4.78, 5) is 12.3. The molecule has 3 aromatic rings. The Hall–Kier alpha value is -3.27. The van der Waals surface area contributed by atoms with E-state index in [9.17, 15) is 9.90 Å². The van der Waals surface area contributed by atoms with Crippen molar-refractivity contribution < 1.29 is 14.6 Å². The van der Waals surface area contributed by atoms with E-state index in [0.29, 0.717) is 6.54 Å². The third-order valence-electron chi connectivity index (χ3n) is 3.95. The number of rotatable bonds is 5. The van der Waals surface area contributed by atoms with Gasteiger partial charge in [0.15, 0.2) is 11.5 Å². The third kappa shape index (κ3) is 3.80. The van der Waals surface area contributed by atoms with Crippen LogP contribution in [-0.4, -0.2) is 18.1 Å². The molecule has 0 atom stereocenters. The van der Waals surface area contributed by atoms with Gasteiger partial charge in [0.25, 0.3) is 5.91 Å². The van der Waals surface area contributed by atoms with Crippen molar-refractivity contribution >= 4 is 5.91 Å². The number of aromatic hydroxyl groups is 1. The van der Waals surface area contributed by atoms with E-state index >= 15 is 0 Å². The predicted octanol–water partition coefficient (Wildman–Crippen LogP) is 4.00. The van der Waals surface area contributed by atoms with E-state index in [2.05, 4.69) is 5.32 Å². The Morgan fingerprint density at radius 3 is 2.44 bits per heavy atom. The lowest BCUT2D eigenvalue weighted by molar-refractivity contribution is 0.0947. The highest BCUT2D eigenvalue weighted by Gasteiger charge is 2.14. The Morgan fingerprint density at radius 1 is 0.960 bits per heavy atom. The molecule has 0 aliphatic heterocycles. The summed E-state index contributed by atoms with van der Waals surface area (Å²) in [6.07, 6.45) is 0. The van der Waals surface area contributed by atoms with Crippen LogP contribution in [0.15, 0.2) is 72.8 Å². The van der Waals surface area contributed by atoms with Gasteiger partial charge in [0, 0.05) is 6.54 Å². The highest BCUT2D eigenvalue weighted by molar-refractivity contribution is 5.97. The second-order valence-electron chi connectivity index (χ2n) is 5.61. The van der Waals surface area contributed by atoms with Crippen molar-refractivity contribution in [3.63, 3.8) is 0 Å². The first-order chi connectivity index (χ1) is 12.2. The quantitative estimate of drug-likeness (QED) is 0.742. The number of carbonyl (C=O) groups is 1. The van der Waals surface area contributed by atoms with Crippen LogP contribution >= 0.6 is 0 Å². The smallest absolute Gasteiger partial charge is 0.255 e. The molecule has 0 saturated carbocycles. The number of para-hydroxylation sites is 1. The first-order valence-corrected chi connectivity index (χ1v) is 7.97. The molecular weight excluding hydrogens is 314 g/mol. The van der Waals surface area contributed by atoms with Crippen LogP contribution in [-0.2, 0) is 6.54 Å². The number of hydrogen-bond acceptors (Lipinski definition) is 3. The number of hydrogen-bond donors (Lipinski definition) is 2. The topological polar surface area (TPSA) is 58.6 Å². The van der Waals surface area contributed by atoms with Crippen molar-refractivity contribution in [3.05, 3.63) is 83.9 Å². The second-order valence-corrected chi connectivity index (χ2v) is 5.61. The Balaban J connectivity index is 1.73. The van der Waals surface area contributed by atoms with Gasteiger partial charge in [0.1, 0.15) is 0 Å². The SMILES string of the molecule is COc1cccc(C(=O)NCc2cccc(-c3ccccc3)c2)c1O. The van der Waals surface area contributed by atoms with E-state index in [1.807, 2.05) is 54.6 Å². The molecule has 1 amide bonds. The molecule has 0 aliphatic carbocycles. The van der Waals surface area contributed by atoms with Crippen LogP contribution < -0.4 is 10.1 Å². The molecular formula is C21H19NO3. The summed E-state index contributed by atoms with van der Waals surface area (Å²) in [5.74, 6) is -0.222. The van der Waals surface area contributed by atoms with Gasteiger partial charge in [-0.15, -0.1) is 0 Å². The van der Waals surface area contributed by atoms with E-state index in [1.165, 1.54) is 7.11 Å². The number of methoxy groups -OCH3 is 1. The van der Waals surface area contributed by atoms with Gasteiger partial charge < -0.3 is 15.2 Å². The van der Waals surface area contributed by atoms with E-state index < -0.39 is 0 Å². The van der Waals surface area contributed by atoms with Crippen LogP contribution in [0.2, 0.25) is 0 Å². The van der Waals surface area contributed by atoms with Gasteiger partial charge in [-0.3, -0.25) is 4.79 Å². The summed E-state index contributed by atoms with van der Waals surface area (Å²) < 4.78 is 5.03. The van der Waals surface area contributed by atoms with Gasteiger partial charge in [0.05, 0.1) is 12.7 Å². The fraction of sp³-hybridized carbons (Fsp3) is 0.0952. The molecule has 0 bridgehead atoms. The summed E-state index contributed by atoms with van der Waals surface area (Å²) in [6.45, 7) is 0.371. The molecule has 4 heteroatoms. The van der Waals surface area contributed by atoms with Gasteiger partial charge in [-0.1, -0.05) is 54.6 Å². The van der Waals surface area contributed by atoms with Gasteiger partial charge in [-0.05, 0) is 34.9 Å². The van der Waals surface area contributed by atoms with E-state index in [-0.39, 0.29) is 23.0 Å². The fourth-order valence-corrected chi connectivity index (χ4v) is 2.64. The fourth-order valence-electron chi connectivity index (χ4n) is 2.64. The molecule has 0 fully saturated rings. The number of nitrogens with one attached hydrogen (secondary N) is 1. The first kappa shape index (κ1) is 16.6. The minimum atomic E-state index is -0.346. The molecule has 2 N–H and O–H groups in total. The van der Waals surface area contributed by atoms with Crippen LogP contribution in [0.1, 0.15) is 15.9 Å². The molecule has 126 valence electrons. The highest BCUT2D eigenvalue weighted by atomic mass is 16.5. The lowest BCUT2D eigenvalue weighted by atomic mass is 10.0. The zero-order valence-electron chi connectivity index (χ0n) is 13.9. The number of phenols is 1. The van der Waals surface area contributed by atoms with Crippen molar-refractivity contribution in [1.29, 1.82) is 0 Å². The van der Waals surface area contributed by atoms with Crippen molar-refractivity contribution in [1.82, 2.24) is 5.32 Å². The number of amides is 1. The highest BCUT2D eigenvalue weighted by Crippen LogP contribution is 2.29. The summed E-state index contributed by atoms with van der Waals surface area (Å²) in [5.41, 5.74) is 3.40. The Morgan fingerprint density at radius 2 is 1.68 bits per heavy atom. The normalized spacial score (nSPS) is 10.3. The Bertz CT molecular complexity index is 875. The summed E-state index contributed by atoms with van der Waals surface area (Å²) in [7, 11) is 1.45.